The summed E-state index contributed by atoms with van der Waals surface area (Å²) in [4.78, 5) is 4.43. The van der Waals surface area contributed by atoms with Gasteiger partial charge >= 0.3 is 0 Å². The Morgan fingerprint density at radius 3 is 2.62 bits per heavy atom. The SMILES string of the molecule is CSCC[C@@H](N)c1nc(C(C)(C)c2ccc(F)cc2)no1. The van der Waals surface area contributed by atoms with Crippen LogP contribution in [0.3, 0.4) is 0 Å². The number of hydrogen-bond acceptors (Lipinski definition) is 5. The van der Waals surface area contributed by atoms with Gasteiger partial charge in [-0.1, -0.05) is 17.3 Å². The molecule has 0 saturated carbocycles. The maximum atomic E-state index is 13.0. The van der Waals surface area contributed by atoms with E-state index in [1.807, 2.05) is 20.1 Å². The molecule has 0 unspecified atom stereocenters. The Bertz CT molecular complexity index is 583. The molecular formula is C15H20FN3OS. The van der Waals surface area contributed by atoms with Gasteiger partial charge in [-0.25, -0.2) is 4.39 Å². The zero-order chi connectivity index (χ0) is 15.5. The molecule has 2 rings (SSSR count). The normalized spacial score (nSPS) is 13.4. The molecule has 2 aromatic rings. The molecular weight excluding hydrogens is 289 g/mol. The average Bonchev–Trinajstić information content (AvgIpc) is 2.96. The number of aromatic nitrogens is 2. The van der Waals surface area contributed by atoms with Crippen molar-refractivity contribution in [3.8, 4) is 0 Å². The highest BCUT2D eigenvalue weighted by molar-refractivity contribution is 7.98. The van der Waals surface area contributed by atoms with E-state index in [9.17, 15) is 4.39 Å². The van der Waals surface area contributed by atoms with E-state index in [2.05, 4.69) is 10.1 Å². The Balaban J connectivity index is 2.21. The average molecular weight is 309 g/mol. The van der Waals surface area contributed by atoms with Crippen LogP contribution in [-0.4, -0.2) is 22.1 Å². The van der Waals surface area contributed by atoms with Crippen molar-refractivity contribution < 1.29 is 8.91 Å². The second-order valence-corrected chi connectivity index (χ2v) is 6.46. The Kier molecular flexibility index (Phi) is 5.00. The first-order chi connectivity index (χ1) is 9.95. The van der Waals surface area contributed by atoms with Gasteiger partial charge in [0.15, 0.2) is 5.82 Å². The summed E-state index contributed by atoms with van der Waals surface area (Å²) in [5, 5.41) is 4.05. The van der Waals surface area contributed by atoms with Crippen LogP contribution < -0.4 is 5.73 Å². The van der Waals surface area contributed by atoms with Crippen LogP contribution in [0.4, 0.5) is 4.39 Å². The van der Waals surface area contributed by atoms with Crippen LogP contribution in [0.5, 0.6) is 0 Å². The van der Waals surface area contributed by atoms with Crippen molar-refractivity contribution in [2.75, 3.05) is 12.0 Å². The van der Waals surface area contributed by atoms with Crippen LogP contribution in [0.2, 0.25) is 0 Å². The third kappa shape index (κ3) is 3.63. The molecule has 114 valence electrons. The standard InChI is InChI=1S/C15H20FN3OS/c1-15(2,10-4-6-11(16)7-5-10)14-18-13(20-19-14)12(17)8-9-21-3/h4-7,12H,8-9,17H2,1-3H3/t12-/m1/s1. The summed E-state index contributed by atoms with van der Waals surface area (Å²) in [5.41, 5.74) is 6.50. The second-order valence-electron chi connectivity index (χ2n) is 5.48. The first kappa shape index (κ1) is 16.0. The number of nitrogens with zero attached hydrogens (tertiary/aromatic N) is 2. The second kappa shape index (κ2) is 6.58. The van der Waals surface area contributed by atoms with Crippen molar-refractivity contribution in [1.82, 2.24) is 10.1 Å². The molecule has 0 aliphatic heterocycles. The highest BCUT2D eigenvalue weighted by Crippen LogP contribution is 2.30. The van der Waals surface area contributed by atoms with E-state index in [-0.39, 0.29) is 11.9 Å². The molecule has 0 fully saturated rings. The van der Waals surface area contributed by atoms with Crippen molar-refractivity contribution in [2.45, 2.75) is 31.7 Å². The van der Waals surface area contributed by atoms with Crippen LogP contribution in [0.25, 0.3) is 0 Å². The van der Waals surface area contributed by atoms with Gasteiger partial charge < -0.3 is 10.3 Å². The lowest BCUT2D eigenvalue weighted by Crippen LogP contribution is -2.21. The summed E-state index contributed by atoms with van der Waals surface area (Å²) in [5.74, 6) is 1.70. The summed E-state index contributed by atoms with van der Waals surface area (Å²) < 4.78 is 18.3. The van der Waals surface area contributed by atoms with Crippen LogP contribution in [0.15, 0.2) is 28.8 Å². The molecule has 6 heteroatoms. The Morgan fingerprint density at radius 1 is 1.33 bits per heavy atom. The van der Waals surface area contributed by atoms with E-state index < -0.39 is 5.41 Å². The van der Waals surface area contributed by atoms with Gasteiger partial charge in [0.1, 0.15) is 5.82 Å². The van der Waals surface area contributed by atoms with Gasteiger partial charge in [-0.05, 0) is 50.0 Å². The fourth-order valence-corrected chi connectivity index (χ4v) is 2.49. The van der Waals surface area contributed by atoms with Gasteiger partial charge in [-0.2, -0.15) is 16.7 Å². The molecule has 0 amide bonds. The molecule has 21 heavy (non-hydrogen) atoms. The highest BCUT2D eigenvalue weighted by atomic mass is 32.2. The third-order valence-electron chi connectivity index (χ3n) is 3.52. The molecule has 0 aliphatic rings. The first-order valence-electron chi connectivity index (χ1n) is 6.80. The molecule has 1 aromatic carbocycles. The lowest BCUT2D eigenvalue weighted by atomic mass is 9.84. The van der Waals surface area contributed by atoms with E-state index in [0.717, 1.165) is 17.7 Å². The largest absolute Gasteiger partial charge is 0.338 e. The molecule has 0 radical (unpaired) electrons. The molecule has 0 saturated heterocycles. The quantitative estimate of drug-likeness (QED) is 0.887. The number of thioether (sulfide) groups is 1. The van der Waals surface area contributed by atoms with Gasteiger partial charge in [0.2, 0.25) is 5.89 Å². The molecule has 2 N–H and O–H groups in total. The minimum atomic E-state index is -0.464. The van der Waals surface area contributed by atoms with E-state index in [1.54, 1.807) is 23.9 Å². The molecule has 1 heterocycles. The lowest BCUT2D eigenvalue weighted by molar-refractivity contribution is 0.344. The van der Waals surface area contributed by atoms with Crippen molar-refractivity contribution in [3.05, 3.63) is 47.4 Å². The van der Waals surface area contributed by atoms with Crippen molar-refractivity contribution in [2.24, 2.45) is 5.73 Å². The van der Waals surface area contributed by atoms with Crippen LogP contribution >= 0.6 is 11.8 Å². The zero-order valence-electron chi connectivity index (χ0n) is 12.5. The lowest BCUT2D eigenvalue weighted by Gasteiger charge is -2.20. The Morgan fingerprint density at radius 2 is 2.00 bits per heavy atom. The smallest absolute Gasteiger partial charge is 0.243 e. The summed E-state index contributed by atoms with van der Waals surface area (Å²) in [7, 11) is 0. The summed E-state index contributed by atoms with van der Waals surface area (Å²) >= 11 is 1.73. The van der Waals surface area contributed by atoms with Gasteiger partial charge in [-0.15, -0.1) is 0 Å². The maximum Gasteiger partial charge on any atom is 0.243 e. The van der Waals surface area contributed by atoms with Crippen LogP contribution in [0, 0.1) is 5.82 Å². The van der Waals surface area contributed by atoms with E-state index in [1.165, 1.54) is 12.1 Å². The number of nitrogens with two attached hydrogens (primary N) is 1. The van der Waals surface area contributed by atoms with Gasteiger partial charge in [0, 0.05) is 0 Å². The minimum absolute atomic E-state index is 0.247. The van der Waals surface area contributed by atoms with E-state index in [0.29, 0.717) is 11.7 Å². The monoisotopic (exact) mass is 309 g/mol. The van der Waals surface area contributed by atoms with Crippen molar-refractivity contribution >= 4 is 11.8 Å². The minimum Gasteiger partial charge on any atom is -0.338 e. The number of rotatable bonds is 6. The fraction of sp³-hybridized carbons (Fsp3) is 0.467. The molecule has 4 nitrogen and oxygen atoms in total. The highest BCUT2D eigenvalue weighted by Gasteiger charge is 2.29. The summed E-state index contributed by atoms with van der Waals surface area (Å²) in [6.45, 7) is 3.95. The van der Waals surface area contributed by atoms with Crippen molar-refractivity contribution in [3.63, 3.8) is 0 Å². The van der Waals surface area contributed by atoms with Crippen molar-refractivity contribution in [1.29, 1.82) is 0 Å². The van der Waals surface area contributed by atoms with Gasteiger partial charge in [0.05, 0.1) is 11.5 Å². The van der Waals surface area contributed by atoms with E-state index >= 15 is 0 Å². The molecule has 0 spiro atoms. The fourth-order valence-electron chi connectivity index (χ4n) is 2.00. The van der Waals surface area contributed by atoms with Gasteiger partial charge in [-0.3, -0.25) is 0 Å². The molecule has 0 bridgehead atoms. The zero-order valence-corrected chi connectivity index (χ0v) is 13.3. The van der Waals surface area contributed by atoms with Crippen LogP contribution in [0.1, 0.15) is 43.6 Å². The molecule has 1 atom stereocenters. The third-order valence-corrected chi connectivity index (χ3v) is 4.16. The molecule has 0 aliphatic carbocycles. The van der Waals surface area contributed by atoms with E-state index in [4.69, 9.17) is 10.3 Å². The van der Waals surface area contributed by atoms with Gasteiger partial charge in [0.25, 0.3) is 0 Å². The molecule has 1 aromatic heterocycles. The summed E-state index contributed by atoms with van der Waals surface area (Å²) in [6, 6.07) is 6.09. The Labute approximate surface area is 128 Å². The first-order valence-corrected chi connectivity index (χ1v) is 8.19. The number of halogens is 1. The Hall–Kier alpha value is -1.40. The number of benzene rings is 1. The maximum absolute atomic E-state index is 13.0. The predicted molar refractivity (Wildman–Crippen MR) is 82.8 cm³/mol. The predicted octanol–water partition coefficient (Wildman–Crippen LogP) is 3.29. The topological polar surface area (TPSA) is 64.9 Å². The number of hydrogen-bond donors (Lipinski definition) is 1. The summed E-state index contributed by atoms with van der Waals surface area (Å²) in [6.07, 6.45) is 2.82. The van der Waals surface area contributed by atoms with Crippen LogP contribution in [-0.2, 0) is 5.41 Å².